The third-order valence-corrected chi connectivity index (χ3v) is 3.77. The maximum absolute atomic E-state index is 11.9. The first-order valence-electron chi connectivity index (χ1n) is 5.84. The zero-order valence-corrected chi connectivity index (χ0v) is 13.1. The van der Waals surface area contributed by atoms with Crippen molar-refractivity contribution in [3.8, 4) is 0 Å². The molecule has 21 heavy (non-hydrogen) atoms. The molecule has 8 heteroatoms. The number of anilines is 1. The molecule has 1 amide bonds. The van der Waals surface area contributed by atoms with Gasteiger partial charge in [-0.15, -0.1) is 11.3 Å². The number of carbonyl (C=O) groups is 2. The van der Waals surface area contributed by atoms with E-state index in [0.29, 0.717) is 9.90 Å². The van der Waals surface area contributed by atoms with Crippen LogP contribution in [0.15, 0.2) is 29.8 Å². The number of pyridine rings is 1. The smallest absolute Gasteiger partial charge is 0.349 e. The van der Waals surface area contributed by atoms with Crippen molar-refractivity contribution in [1.29, 1.82) is 0 Å². The lowest BCUT2D eigenvalue weighted by Gasteiger charge is -2.13. The first-order valence-corrected chi connectivity index (χ1v) is 7.47. The molecule has 0 aliphatic carbocycles. The van der Waals surface area contributed by atoms with Crippen molar-refractivity contribution in [2.45, 2.75) is 13.0 Å². The van der Waals surface area contributed by atoms with Gasteiger partial charge in [0.2, 0.25) is 0 Å². The van der Waals surface area contributed by atoms with Crippen molar-refractivity contribution in [2.24, 2.45) is 0 Å². The minimum Gasteiger partial charge on any atom is -0.448 e. The molecule has 5 nitrogen and oxygen atoms in total. The molecule has 0 aromatic carbocycles. The number of amides is 1. The number of ether oxygens (including phenoxy) is 1. The molecule has 0 bridgehead atoms. The fourth-order valence-corrected chi connectivity index (χ4v) is 2.42. The van der Waals surface area contributed by atoms with Crippen LogP contribution in [-0.2, 0) is 9.53 Å². The Balaban J connectivity index is 1.98. The van der Waals surface area contributed by atoms with Crippen LogP contribution in [0.1, 0.15) is 16.6 Å². The number of carbonyl (C=O) groups excluding carboxylic acids is 2. The van der Waals surface area contributed by atoms with Gasteiger partial charge in [-0.05, 0) is 24.4 Å². The summed E-state index contributed by atoms with van der Waals surface area (Å²) in [5.74, 6) is -0.926. The highest BCUT2D eigenvalue weighted by molar-refractivity contribution is 7.11. The highest BCUT2D eigenvalue weighted by atomic mass is 35.5. The van der Waals surface area contributed by atoms with E-state index in [2.05, 4.69) is 10.3 Å². The first kappa shape index (κ1) is 15.8. The zero-order chi connectivity index (χ0) is 15.4. The van der Waals surface area contributed by atoms with Crippen molar-refractivity contribution >= 4 is 52.2 Å². The number of nitrogens with zero attached hydrogens (tertiary/aromatic N) is 1. The Kier molecular flexibility index (Phi) is 5.17. The van der Waals surface area contributed by atoms with Gasteiger partial charge in [-0.2, -0.15) is 0 Å². The van der Waals surface area contributed by atoms with Gasteiger partial charge in [0.15, 0.2) is 11.9 Å². The Morgan fingerprint density at radius 1 is 1.43 bits per heavy atom. The van der Waals surface area contributed by atoms with E-state index in [1.165, 1.54) is 30.5 Å². The Bertz CT molecular complexity index is 661. The maximum Gasteiger partial charge on any atom is 0.349 e. The van der Waals surface area contributed by atoms with Crippen LogP contribution in [0.25, 0.3) is 0 Å². The van der Waals surface area contributed by atoms with E-state index >= 15 is 0 Å². The average molecular weight is 345 g/mol. The summed E-state index contributed by atoms with van der Waals surface area (Å²) in [6.45, 7) is 1.46. The van der Waals surface area contributed by atoms with E-state index in [1.54, 1.807) is 17.5 Å². The Hall–Kier alpha value is -1.63. The largest absolute Gasteiger partial charge is 0.448 e. The fourth-order valence-electron chi connectivity index (χ4n) is 1.39. The second kappa shape index (κ2) is 6.89. The van der Waals surface area contributed by atoms with Gasteiger partial charge >= 0.3 is 5.97 Å². The van der Waals surface area contributed by atoms with Gasteiger partial charge < -0.3 is 10.1 Å². The minimum absolute atomic E-state index is 0.157. The lowest BCUT2D eigenvalue weighted by atomic mass is 10.3. The summed E-state index contributed by atoms with van der Waals surface area (Å²) in [4.78, 5) is 28.0. The quantitative estimate of drug-likeness (QED) is 0.859. The number of nitrogens with one attached hydrogen (secondary N) is 1. The summed E-state index contributed by atoms with van der Waals surface area (Å²) in [7, 11) is 0. The third kappa shape index (κ3) is 4.17. The molecule has 0 aliphatic heterocycles. The van der Waals surface area contributed by atoms with Gasteiger partial charge in [0.25, 0.3) is 5.91 Å². The number of halogens is 2. The number of thiophene rings is 1. The number of aromatic nitrogens is 1. The van der Waals surface area contributed by atoms with E-state index in [9.17, 15) is 9.59 Å². The van der Waals surface area contributed by atoms with Crippen molar-refractivity contribution < 1.29 is 14.3 Å². The van der Waals surface area contributed by atoms with Crippen LogP contribution in [0.5, 0.6) is 0 Å². The molecule has 2 heterocycles. The number of hydrogen-bond donors (Lipinski definition) is 1. The number of rotatable bonds is 4. The molecule has 2 aromatic heterocycles. The van der Waals surface area contributed by atoms with E-state index in [-0.39, 0.29) is 10.8 Å². The Morgan fingerprint density at radius 2 is 2.19 bits per heavy atom. The molecule has 2 rings (SSSR count). The van der Waals surface area contributed by atoms with Crippen LogP contribution in [0.3, 0.4) is 0 Å². The fraction of sp³-hybridized carbons (Fsp3) is 0.154. The van der Waals surface area contributed by atoms with Crippen LogP contribution in [0.4, 0.5) is 5.82 Å². The molecule has 1 atom stereocenters. The van der Waals surface area contributed by atoms with Gasteiger partial charge in [-0.25, -0.2) is 9.78 Å². The van der Waals surface area contributed by atoms with Crippen molar-refractivity contribution in [2.75, 3.05) is 5.32 Å². The maximum atomic E-state index is 11.9. The van der Waals surface area contributed by atoms with E-state index < -0.39 is 18.0 Å². The first-order chi connectivity index (χ1) is 9.97. The molecule has 0 spiro atoms. The molecular formula is C13H10Cl2N2O3S. The molecule has 1 N–H and O–H groups in total. The molecule has 0 saturated heterocycles. The highest BCUT2D eigenvalue weighted by Crippen LogP contribution is 2.22. The van der Waals surface area contributed by atoms with Crippen molar-refractivity contribution in [1.82, 2.24) is 4.98 Å². The second-order valence-electron chi connectivity index (χ2n) is 4.00. The predicted octanol–water partition coefficient (Wildman–Crippen LogP) is 3.63. The molecular weight excluding hydrogens is 335 g/mol. The molecule has 2 aromatic rings. The van der Waals surface area contributed by atoms with E-state index in [1.807, 2.05) is 0 Å². The van der Waals surface area contributed by atoms with Gasteiger partial charge in [-0.3, -0.25) is 4.79 Å². The Morgan fingerprint density at radius 3 is 2.81 bits per heavy atom. The standard InChI is InChI=1S/C13H10Cl2N2O3S/c1-7(20-13(19)10-3-2-4-21-10)12(18)17-11-9(15)5-8(14)6-16-11/h2-7H,1H3,(H,16,17,18)/t7-/m1/s1. The summed E-state index contributed by atoms with van der Waals surface area (Å²) < 4.78 is 5.05. The van der Waals surface area contributed by atoms with Crippen LogP contribution < -0.4 is 5.32 Å². The normalized spacial score (nSPS) is 11.8. The summed E-state index contributed by atoms with van der Waals surface area (Å²) in [5.41, 5.74) is 0. The van der Waals surface area contributed by atoms with Gasteiger partial charge in [0.1, 0.15) is 4.88 Å². The monoisotopic (exact) mass is 344 g/mol. The molecule has 0 saturated carbocycles. The molecule has 0 fully saturated rings. The number of hydrogen-bond acceptors (Lipinski definition) is 5. The second-order valence-corrected chi connectivity index (χ2v) is 5.79. The summed E-state index contributed by atoms with van der Waals surface area (Å²) in [6.07, 6.45) is 0.374. The summed E-state index contributed by atoms with van der Waals surface area (Å²) in [6, 6.07) is 4.80. The molecule has 110 valence electrons. The highest BCUT2D eigenvalue weighted by Gasteiger charge is 2.20. The van der Waals surface area contributed by atoms with Crippen LogP contribution in [0, 0.1) is 0 Å². The Labute approximate surface area is 134 Å². The van der Waals surface area contributed by atoms with Crippen LogP contribution in [-0.4, -0.2) is 23.0 Å². The molecule has 0 radical (unpaired) electrons. The average Bonchev–Trinajstić information content (AvgIpc) is 2.95. The SMILES string of the molecule is C[C@@H](OC(=O)c1cccs1)C(=O)Nc1ncc(Cl)cc1Cl. The van der Waals surface area contributed by atoms with Crippen LogP contribution in [0.2, 0.25) is 10.0 Å². The zero-order valence-electron chi connectivity index (χ0n) is 10.8. The topological polar surface area (TPSA) is 68.3 Å². The van der Waals surface area contributed by atoms with Crippen molar-refractivity contribution in [3.05, 3.63) is 44.7 Å². The van der Waals surface area contributed by atoms with E-state index in [0.717, 1.165) is 0 Å². The minimum atomic E-state index is -0.979. The van der Waals surface area contributed by atoms with Crippen molar-refractivity contribution in [3.63, 3.8) is 0 Å². The summed E-state index contributed by atoms with van der Waals surface area (Å²) >= 11 is 12.8. The van der Waals surface area contributed by atoms with Gasteiger partial charge in [-0.1, -0.05) is 29.3 Å². The van der Waals surface area contributed by atoms with Gasteiger partial charge in [0.05, 0.1) is 10.0 Å². The van der Waals surface area contributed by atoms with E-state index in [4.69, 9.17) is 27.9 Å². The lowest BCUT2D eigenvalue weighted by Crippen LogP contribution is -2.30. The molecule has 0 aliphatic rings. The molecule has 0 unspecified atom stereocenters. The lowest BCUT2D eigenvalue weighted by molar-refractivity contribution is -0.123. The number of esters is 1. The van der Waals surface area contributed by atoms with Crippen LogP contribution >= 0.6 is 34.5 Å². The summed E-state index contributed by atoms with van der Waals surface area (Å²) in [5, 5.41) is 4.78. The van der Waals surface area contributed by atoms with Gasteiger partial charge in [0, 0.05) is 6.20 Å². The predicted molar refractivity (Wildman–Crippen MR) is 82.1 cm³/mol. The third-order valence-electron chi connectivity index (χ3n) is 2.42.